The van der Waals surface area contributed by atoms with Crippen LogP contribution in [0.25, 0.3) is 10.9 Å². The lowest BCUT2D eigenvalue weighted by Gasteiger charge is -2.05. The molecule has 9 nitrogen and oxygen atoms in total. The van der Waals surface area contributed by atoms with E-state index in [0.29, 0.717) is 22.2 Å². The zero-order valence-electron chi connectivity index (χ0n) is 11.6. The minimum Gasteiger partial charge on any atom is -0.465 e. The maximum Gasteiger partial charge on any atom is 0.338 e. The standard InChI is InChI=1S/C13H13N3O6/c1-22-13(17)9-3-2-4-11-10(9)5-12(14-11)8(6-15(18)19)7-16(20)21/h2-5,8,14H,6-7H2,1H3. The molecule has 1 aromatic heterocycles. The van der Waals surface area contributed by atoms with Crippen molar-refractivity contribution in [2.75, 3.05) is 20.2 Å². The monoisotopic (exact) mass is 307 g/mol. The van der Waals surface area contributed by atoms with Crippen LogP contribution in [0.15, 0.2) is 24.3 Å². The van der Waals surface area contributed by atoms with E-state index in [9.17, 15) is 25.0 Å². The Kier molecular flexibility index (Phi) is 4.35. The van der Waals surface area contributed by atoms with E-state index < -0.39 is 34.8 Å². The third-order valence-corrected chi connectivity index (χ3v) is 3.27. The second-order valence-electron chi connectivity index (χ2n) is 4.71. The summed E-state index contributed by atoms with van der Waals surface area (Å²) in [5.41, 5.74) is 1.21. The average Bonchev–Trinajstić information content (AvgIpc) is 2.88. The van der Waals surface area contributed by atoms with Crippen LogP contribution in [0.2, 0.25) is 0 Å². The van der Waals surface area contributed by atoms with Crippen molar-refractivity contribution in [3.63, 3.8) is 0 Å². The summed E-state index contributed by atoms with van der Waals surface area (Å²) in [4.78, 5) is 34.8. The highest BCUT2D eigenvalue weighted by atomic mass is 16.6. The molecule has 0 aliphatic carbocycles. The normalized spacial score (nSPS) is 10.8. The molecule has 0 aliphatic heterocycles. The molecular weight excluding hydrogens is 294 g/mol. The van der Waals surface area contributed by atoms with Gasteiger partial charge in [0.05, 0.1) is 12.7 Å². The zero-order valence-corrected chi connectivity index (χ0v) is 11.6. The number of nitro groups is 2. The first-order valence-electron chi connectivity index (χ1n) is 6.36. The summed E-state index contributed by atoms with van der Waals surface area (Å²) in [6.45, 7) is -1.14. The predicted molar refractivity (Wildman–Crippen MR) is 76.1 cm³/mol. The average molecular weight is 307 g/mol. The molecule has 1 aromatic carbocycles. The molecule has 9 heteroatoms. The van der Waals surface area contributed by atoms with Gasteiger partial charge in [-0.3, -0.25) is 20.2 Å². The summed E-state index contributed by atoms with van der Waals surface area (Å²) < 4.78 is 4.67. The number of H-pyrrole nitrogens is 1. The van der Waals surface area contributed by atoms with Gasteiger partial charge in [-0.05, 0) is 18.2 Å². The minimum absolute atomic E-state index is 0.295. The maximum atomic E-state index is 11.7. The number of methoxy groups -OCH3 is 1. The molecule has 0 unspecified atom stereocenters. The van der Waals surface area contributed by atoms with Crippen molar-refractivity contribution in [1.82, 2.24) is 4.98 Å². The van der Waals surface area contributed by atoms with Crippen LogP contribution in [0.1, 0.15) is 22.0 Å². The summed E-state index contributed by atoms with van der Waals surface area (Å²) in [6.07, 6.45) is 0. The Morgan fingerprint density at radius 2 is 1.91 bits per heavy atom. The topological polar surface area (TPSA) is 128 Å². The van der Waals surface area contributed by atoms with Crippen molar-refractivity contribution in [2.24, 2.45) is 0 Å². The fourth-order valence-electron chi connectivity index (χ4n) is 2.30. The van der Waals surface area contributed by atoms with E-state index in [-0.39, 0.29) is 0 Å². The van der Waals surface area contributed by atoms with Crippen LogP contribution in [0.4, 0.5) is 0 Å². The lowest BCUT2D eigenvalue weighted by Crippen LogP contribution is -2.21. The smallest absolute Gasteiger partial charge is 0.338 e. The van der Waals surface area contributed by atoms with Gasteiger partial charge in [0.2, 0.25) is 13.1 Å². The molecule has 0 spiro atoms. The van der Waals surface area contributed by atoms with Gasteiger partial charge in [-0.2, -0.15) is 0 Å². The van der Waals surface area contributed by atoms with Crippen molar-refractivity contribution in [3.8, 4) is 0 Å². The first-order chi connectivity index (χ1) is 10.4. The summed E-state index contributed by atoms with van der Waals surface area (Å²) in [6, 6.07) is 6.40. The largest absolute Gasteiger partial charge is 0.465 e. The zero-order chi connectivity index (χ0) is 16.3. The number of carbonyl (C=O) groups excluding carboxylic acids is 1. The highest BCUT2D eigenvalue weighted by molar-refractivity contribution is 6.03. The third-order valence-electron chi connectivity index (χ3n) is 3.27. The number of hydrogen-bond donors (Lipinski definition) is 1. The number of ether oxygens (including phenoxy) is 1. The number of nitrogens with zero attached hydrogens (tertiary/aromatic N) is 2. The van der Waals surface area contributed by atoms with E-state index >= 15 is 0 Å². The molecule has 0 saturated heterocycles. The molecule has 0 amide bonds. The van der Waals surface area contributed by atoms with Crippen molar-refractivity contribution in [2.45, 2.75) is 5.92 Å². The predicted octanol–water partition coefficient (Wildman–Crippen LogP) is 1.59. The number of rotatable bonds is 6. The highest BCUT2D eigenvalue weighted by Crippen LogP contribution is 2.25. The maximum absolute atomic E-state index is 11.7. The quantitative estimate of drug-likeness (QED) is 0.490. The number of hydrogen-bond acceptors (Lipinski definition) is 6. The molecule has 0 atom stereocenters. The molecule has 0 fully saturated rings. The Labute approximate surface area is 124 Å². The van der Waals surface area contributed by atoms with Gasteiger partial charge in [-0.15, -0.1) is 0 Å². The Morgan fingerprint density at radius 1 is 1.27 bits per heavy atom. The number of benzene rings is 1. The van der Waals surface area contributed by atoms with Gasteiger partial charge in [0, 0.05) is 26.4 Å². The lowest BCUT2D eigenvalue weighted by molar-refractivity contribution is -0.516. The SMILES string of the molecule is COC(=O)c1cccc2[nH]c(C(C[N+](=O)[O-])C[N+](=O)[O-])cc12. The van der Waals surface area contributed by atoms with Crippen LogP contribution in [-0.2, 0) is 4.74 Å². The van der Waals surface area contributed by atoms with E-state index in [4.69, 9.17) is 0 Å². The van der Waals surface area contributed by atoms with Gasteiger partial charge in [0.25, 0.3) is 0 Å². The van der Waals surface area contributed by atoms with Gasteiger partial charge in [-0.25, -0.2) is 4.79 Å². The summed E-state index contributed by atoms with van der Waals surface area (Å²) >= 11 is 0. The fourth-order valence-corrected chi connectivity index (χ4v) is 2.30. The van der Waals surface area contributed by atoms with Crippen molar-refractivity contribution in [1.29, 1.82) is 0 Å². The second-order valence-corrected chi connectivity index (χ2v) is 4.71. The molecule has 2 aromatic rings. The lowest BCUT2D eigenvalue weighted by atomic mass is 10.0. The Morgan fingerprint density at radius 3 is 2.45 bits per heavy atom. The van der Waals surface area contributed by atoms with Crippen molar-refractivity contribution in [3.05, 3.63) is 55.8 Å². The van der Waals surface area contributed by atoms with Crippen molar-refractivity contribution >= 4 is 16.9 Å². The van der Waals surface area contributed by atoms with Gasteiger partial charge in [-0.1, -0.05) is 6.07 Å². The fraction of sp³-hybridized carbons (Fsp3) is 0.308. The summed E-state index contributed by atoms with van der Waals surface area (Å²) in [5, 5.41) is 21.9. The van der Waals surface area contributed by atoms with Gasteiger partial charge in [0.15, 0.2) is 0 Å². The number of carbonyl (C=O) groups is 1. The number of aromatic amines is 1. The summed E-state index contributed by atoms with van der Waals surface area (Å²) in [7, 11) is 1.25. The number of nitrogens with one attached hydrogen (secondary N) is 1. The van der Waals surface area contributed by atoms with Gasteiger partial charge < -0.3 is 9.72 Å². The van der Waals surface area contributed by atoms with E-state index in [0.717, 1.165) is 0 Å². The van der Waals surface area contributed by atoms with Crippen LogP contribution in [0.5, 0.6) is 0 Å². The van der Waals surface area contributed by atoms with E-state index in [2.05, 4.69) is 9.72 Å². The van der Waals surface area contributed by atoms with Gasteiger partial charge in [0.1, 0.15) is 5.92 Å². The molecule has 0 radical (unpaired) electrons. The van der Waals surface area contributed by atoms with E-state index in [1.54, 1.807) is 18.2 Å². The van der Waals surface area contributed by atoms with Crippen molar-refractivity contribution < 1.29 is 19.4 Å². The molecule has 116 valence electrons. The molecule has 0 bridgehead atoms. The number of fused-ring (bicyclic) bond motifs is 1. The molecule has 0 saturated carbocycles. The van der Waals surface area contributed by atoms with Crippen LogP contribution in [-0.4, -0.2) is 41.0 Å². The first kappa shape index (κ1) is 15.4. The number of aromatic nitrogens is 1. The molecule has 1 heterocycles. The Balaban J connectivity index is 2.48. The van der Waals surface area contributed by atoms with E-state index in [1.807, 2.05) is 0 Å². The second kappa shape index (κ2) is 6.20. The van der Waals surface area contributed by atoms with Crippen LogP contribution in [0.3, 0.4) is 0 Å². The third kappa shape index (κ3) is 3.19. The van der Waals surface area contributed by atoms with Gasteiger partial charge >= 0.3 is 5.97 Å². The Hall–Kier alpha value is -2.97. The van der Waals surface area contributed by atoms with Crippen LogP contribution < -0.4 is 0 Å². The summed E-state index contributed by atoms with van der Waals surface area (Å²) in [5.74, 6) is -1.45. The molecule has 1 N–H and O–H groups in total. The number of esters is 1. The molecule has 22 heavy (non-hydrogen) atoms. The van der Waals surface area contributed by atoms with E-state index in [1.165, 1.54) is 13.2 Å². The Bertz CT molecular complexity index is 722. The highest BCUT2D eigenvalue weighted by Gasteiger charge is 2.26. The molecule has 2 rings (SSSR count). The van der Waals surface area contributed by atoms with Crippen LogP contribution >= 0.6 is 0 Å². The minimum atomic E-state index is -0.900. The molecular formula is C13H13N3O6. The first-order valence-corrected chi connectivity index (χ1v) is 6.36. The van der Waals surface area contributed by atoms with Crippen LogP contribution in [0, 0.1) is 20.2 Å². The molecule has 0 aliphatic rings.